The lowest BCUT2D eigenvalue weighted by Gasteiger charge is -2.27. The Morgan fingerprint density at radius 1 is 1.29 bits per heavy atom. The summed E-state index contributed by atoms with van der Waals surface area (Å²) in [5, 5.41) is 22.1. The molecule has 1 rings (SSSR count). The highest BCUT2D eigenvalue weighted by Crippen LogP contribution is 2.15. The first-order chi connectivity index (χ1) is 11.1. The van der Waals surface area contributed by atoms with Gasteiger partial charge < -0.3 is 15.2 Å². The van der Waals surface area contributed by atoms with Crippen molar-refractivity contribution in [3.8, 4) is 6.07 Å². The maximum absolute atomic E-state index is 12.1. The molecule has 2 N–H and O–H groups in total. The quantitative estimate of drug-likeness (QED) is 0.836. The number of hydrogen-bond donors (Lipinski definition) is 2. The SMILES string of the molecule is CC(C)C[C@@H](O)[C@@H](Cc1ccc(C#N)cc1)NC(=O)OC(C)(C)C. The van der Waals surface area contributed by atoms with Gasteiger partial charge >= 0.3 is 6.09 Å². The molecule has 0 radical (unpaired) electrons. The number of carbonyl (C=O) groups excluding carboxylic acids is 1. The Bertz CT molecular complexity index is 568. The largest absolute Gasteiger partial charge is 0.444 e. The highest BCUT2D eigenvalue weighted by Gasteiger charge is 2.25. The number of nitrogens with zero attached hydrogens (tertiary/aromatic N) is 1. The van der Waals surface area contributed by atoms with Crippen LogP contribution in [0, 0.1) is 17.2 Å². The van der Waals surface area contributed by atoms with Crippen molar-refractivity contribution >= 4 is 6.09 Å². The van der Waals surface area contributed by atoms with Gasteiger partial charge in [0.05, 0.1) is 23.8 Å². The van der Waals surface area contributed by atoms with Crippen LogP contribution in [0.15, 0.2) is 24.3 Å². The van der Waals surface area contributed by atoms with Gasteiger partial charge in [-0.2, -0.15) is 5.26 Å². The number of nitriles is 1. The second kappa shape index (κ2) is 8.70. The molecule has 0 heterocycles. The minimum absolute atomic E-state index is 0.309. The third kappa shape index (κ3) is 7.47. The Hall–Kier alpha value is -2.06. The average Bonchev–Trinajstić information content (AvgIpc) is 2.44. The number of aliphatic hydroxyl groups excluding tert-OH is 1. The van der Waals surface area contributed by atoms with Crippen LogP contribution in [0.4, 0.5) is 4.79 Å². The van der Waals surface area contributed by atoms with Gasteiger partial charge in [-0.15, -0.1) is 0 Å². The van der Waals surface area contributed by atoms with Crippen molar-refractivity contribution in [2.45, 2.75) is 65.2 Å². The molecule has 1 amide bonds. The fourth-order valence-electron chi connectivity index (χ4n) is 2.36. The molecule has 5 nitrogen and oxygen atoms in total. The van der Waals surface area contributed by atoms with E-state index < -0.39 is 23.8 Å². The molecule has 1 aromatic rings. The topological polar surface area (TPSA) is 82.4 Å². The highest BCUT2D eigenvalue weighted by molar-refractivity contribution is 5.68. The first kappa shape index (κ1) is 20.0. The summed E-state index contributed by atoms with van der Waals surface area (Å²) in [6.45, 7) is 9.44. The van der Waals surface area contributed by atoms with Crippen LogP contribution in [0.3, 0.4) is 0 Å². The number of amides is 1. The Kier molecular flexibility index (Phi) is 7.24. The summed E-state index contributed by atoms with van der Waals surface area (Å²) in [5.41, 5.74) is 0.933. The van der Waals surface area contributed by atoms with Gasteiger partial charge in [0.1, 0.15) is 5.60 Å². The lowest BCUT2D eigenvalue weighted by Crippen LogP contribution is -2.47. The number of benzene rings is 1. The van der Waals surface area contributed by atoms with Gasteiger partial charge in [0.25, 0.3) is 0 Å². The van der Waals surface area contributed by atoms with Crippen molar-refractivity contribution in [2.24, 2.45) is 5.92 Å². The summed E-state index contributed by atoms with van der Waals surface area (Å²) in [6.07, 6.45) is -0.160. The van der Waals surface area contributed by atoms with E-state index in [0.29, 0.717) is 24.3 Å². The van der Waals surface area contributed by atoms with E-state index in [4.69, 9.17) is 10.00 Å². The normalized spacial score (nSPS) is 13.9. The fraction of sp³-hybridized carbons (Fsp3) is 0.579. The first-order valence-electron chi connectivity index (χ1n) is 8.27. The minimum atomic E-state index is -0.673. The van der Waals surface area contributed by atoms with Crippen molar-refractivity contribution in [3.05, 3.63) is 35.4 Å². The van der Waals surface area contributed by atoms with Crippen molar-refractivity contribution in [1.82, 2.24) is 5.32 Å². The van der Waals surface area contributed by atoms with E-state index in [1.165, 1.54) is 0 Å². The lowest BCUT2D eigenvalue weighted by molar-refractivity contribution is 0.0398. The van der Waals surface area contributed by atoms with Crippen LogP contribution >= 0.6 is 0 Å². The van der Waals surface area contributed by atoms with Crippen LogP contribution in [0.5, 0.6) is 0 Å². The molecule has 0 aliphatic carbocycles. The van der Waals surface area contributed by atoms with Crippen LogP contribution < -0.4 is 5.32 Å². The number of alkyl carbamates (subject to hydrolysis) is 1. The number of aliphatic hydroxyl groups is 1. The molecule has 24 heavy (non-hydrogen) atoms. The number of carbonyl (C=O) groups is 1. The standard InChI is InChI=1S/C19H28N2O3/c1-13(2)10-17(22)16(21-18(23)24-19(3,4)5)11-14-6-8-15(12-20)9-7-14/h6-9,13,16-17,22H,10-11H2,1-5H3,(H,21,23)/t16-,17-/m1/s1. The summed E-state index contributed by atoms with van der Waals surface area (Å²) >= 11 is 0. The Morgan fingerprint density at radius 2 is 1.88 bits per heavy atom. The van der Waals surface area contributed by atoms with E-state index in [2.05, 4.69) is 11.4 Å². The van der Waals surface area contributed by atoms with Crippen LogP contribution in [-0.2, 0) is 11.2 Å². The molecule has 0 bridgehead atoms. The maximum atomic E-state index is 12.1. The van der Waals surface area contributed by atoms with E-state index >= 15 is 0 Å². The Morgan fingerprint density at radius 3 is 2.33 bits per heavy atom. The van der Waals surface area contributed by atoms with Crippen molar-refractivity contribution in [1.29, 1.82) is 5.26 Å². The first-order valence-corrected chi connectivity index (χ1v) is 8.27. The van der Waals surface area contributed by atoms with Crippen LogP contribution in [-0.4, -0.2) is 28.9 Å². The van der Waals surface area contributed by atoms with Gasteiger partial charge in [0.2, 0.25) is 0 Å². The Labute approximate surface area is 144 Å². The summed E-state index contributed by atoms with van der Waals surface area (Å²) in [5.74, 6) is 0.309. The van der Waals surface area contributed by atoms with Crippen LogP contribution in [0.2, 0.25) is 0 Å². The molecule has 1 aromatic carbocycles. The monoisotopic (exact) mass is 332 g/mol. The second-order valence-corrected chi connectivity index (χ2v) is 7.46. The molecule has 5 heteroatoms. The molecule has 0 aliphatic rings. The zero-order chi connectivity index (χ0) is 18.3. The zero-order valence-electron chi connectivity index (χ0n) is 15.2. The summed E-state index contributed by atoms with van der Waals surface area (Å²) in [7, 11) is 0. The van der Waals surface area contributed by atoms with Crippen LogP contribution in [0.1, 0.15) is 52.2 Å². The van der Waals surface area contributed by atoms with E-state index in [1.807, 2.05) is 26.0 Å². The number of ether oxygens (including phenoxy) is 1. The fourth-order valence-corrected chi connectivity index (χ4v) is 2.36. The highest BCUT2D eigenvalue weighted by atomic mass is 16.6. The third-order valence-corrected chi connectivity index (χ3v) is 3.42. The minimum Gasteiger partial charge on any atom is -0.444 e. The Balaban J connectivity index is 2.83. The molecular formula is C19H28N2O3. The summed E-state index contributed by atoms with van der Waals surface area (Å²) in [6, 6.07) is 8.76. The maximum Gasteiger partial charge on any atom is 0.407 e. The second-order valence-electron chi connectivity index (χ2n) is 7.46. The molecule has 0 saturated carbocycles. The molecule has 0 saturated heterocycles. The van der Waals surface area contributed by atoms with Gasteiger partial charge in [0.15, 0.2) is 0 Å². The van der Waals surface area contributed by atoms with Crippen LogP contribution in [0.25, 0.3) is 0 Å². The summed E-state index contributed by atoms with van der Waals surface area (Å²) < 4.78 is 5.29. The van der Waals surface area contributed by atoms with Gasteiger partial charge in [-0.25, -0.2) is 4.79 Å². The van der Waals surface area contributed by atoms with E-state index in [-0.39, 0.29) is 0 Å². The molecule has 132 valence electrons. The predicted molar refractivity (Wildman–Crippen MR) is 93.5 cm³/mol. The lowest BCUT2D eigenvalue weighted by atomic mass is 9.95. The molecule has 0 aliphatic heterocycles. The van der Waals surface area contributed by atoms with E-state index in [9.17, 15) is 9.90 Å². The van der Waals surface area contributed by atoms with Crippen molar-refractivity contribution in [2.75, 3.05) is 0 Å². The molecule has 2 atom stereocenters. The molecule has 0 spiro atoms. The molecule has 0 fully saturated rings. The van der Waals surface area contributed by atoms with Gasteiger partial charge in [-0.3, -0.25) is 0 Å². The third-order valence-electron chi connectivity index (χ3n) is 3.42. The van der Waals surface area contributed by atoms with Gasteiger partial charge in [0, 0.05) is 0 Å². The van der Waals surface area contributed by atoms with E-state index in [0.717, 1.165) is 5.56 Å². The average molecular weight is 332 g/mol. The number of nitrogens with one attached hydrogen (secondary N) is 1. The molecule has 0 unspecified atom stereocenters. The van der Waals surface area contributed by atoms with Gasteiger partial charge in [-0.1, -0.05) is 26.0 Å². The molecule has 0 aromatic heterocycles. The molecular weight excluding hydrogens is 304 g/mol. The predicted octanol–water partition coefficient (Wildman–Crippen LogP) is 3.40. The zero-order valence-corrected chi connectivity index (χ0v) is 15.2. The smallest absolute Gasteiger partial charge is 0.407 e. The number of hydrogen-bond acceptors (Lipinski definition) is 4. The summed E-state index contributed by atoms with van der Waals surface area (Å²) in [4.78, 5) is 12.1. The number of rotatable bonds is 6. The van der Waals surface area contributed by atoms with Crippen molar-refractivity contribution in [3.63, 3.8) is 0 Å². The van der Waals surface area contributed by atoms with Crippen molar-refractivity contribution < 1.29 is 14.6 Å². The van der Waals surface area contributed by atoms with E-state index in [1.54, 1.807) is 32.9 Å². The van der Waals surface area contributed by atoms with Gasteiger partial charge in [-0.05, 0) is 57.2 Å².